The minimum absolute atomic E-state index is 0.0106. The molecule has 6 heteroatoms. The van der Waals surface area contributed by atoms with Crippen LogP contribution in [0.15, 0.2) is 48.5 Å². The number of rotatable bonds is 5. The smallest absolute Gasteiger partial charge is 0.247 e. The van der Waals surface area contributed by atoms with Crippen LogP contribution in [0.3, 0.4) is 0 Å². The topological polar surface area (TPSA) is 70.4 Å². The van der Waals surface area contributed by atoms with Gasteiger partial charge in [0.1, 0.15) is 6.54 Å². The molecule has 1 aliphatic rings. The van der Waals surface area contributed by atoms with Gasteiger partial charge in [-0.25, -0.2) is 4.98 Å². The van der Waals surface area contributed by atoms with E-state index < -0.39 is 0 Å². The second-order valence-corrected chi connectivity index (χ2v) is 6.08. The Balaban J connectivity index is 1.65. The highest BCUT2D eigenvalue weighted by molar-refractivity contribution is 5.96. The number of amides is 1. The highest BCUT2D eigenvalue weighted by atomic mass is 16.3. The van der Waals surface area contributed by atoms with Crippen molar-refractivity contribution in [1.29, 1.82) is 0 Å². The van der Waals surface area contributed by atoms with Gasteiger partial charge in [0.25, 0.3) is 0 Å². The zero-order valence-corrected chi connectivity index (χ0v) is 13.9. The summed E-state index contributed by atoms with van der Waals surface area (Å²) in [6.45, 7) is 1.33. The standard InChI is InChI=1S/C19H20N4O2/c24-12-10-20-19-21-15-6-2-4-8-17(15)23(19)13-18(25)22-11-9-14-5-1-3-7-16(14)22/h1-8,24H,9-13H2,(H,20,21). The molecule has 2 heterocycles. The maximum atomic E-state index is 12.9. The van der Waals surface area contributed by atoms with E-state index in [4.69, 9.17) is 5.11 Å². The molecule has 0 saturated heterocycles. The number of aliphatic hydroxyl groups excluding tert-OH is 1. The van der Waals surface area contributed by atoms with Crippen LogP contribution in [0.1, 0.15) is 5.56 Å². The molecule has 3 aromatic rings. The van der Waals surface area contributed by atoms with E-state index in [0.717, 1.165) is 23.1 Å². The van der Waals surface area contributed by atoms with E-state index in [1.54, 1.807) is 0 Å². The maximum Gasteiger partial charge on any atom is 0.247 e. The van der Waals surface area contributed by atoms with Gasteiger partial charge < -0.3 is 19.9 Å². The van der Waals surface area contributed by atoms with Crippen LogP contribution in [0.4, 0.5) is 11.6 Å². The van der Waals surface area contributed by atoms with E-state index in [0.29, 0.717) is 19.0 Å². The van der Waals surface area contributed by atoms with Crippen LogP contribution < -0.4 is 10.2 Å². The molecule has 25 heavy (non-hydrogen) atoms. The fourth-order valence-electron chi connectivity index (χ4n) is 3.36. The number of carbonyl (C=O) groups excluding carboxylic acids is 1. The van der Waals surface area contributed by atoms with E-state index in [1.807, 2.05) is 51.9 Å². The molecule has 128 valence electrons. The number of para-hydroxylation sites is 3. The number of hydrogen-bond donors (Lipinski definition) is 2. The summed E-state index contributed by atoms with van der Waals surface area (Å²) < 4.78 is 1.88. The third-order valence-electron chi connectivity index (χ3n) is 4.53. The molecule has 2 aromatic carbocycles. The first-order valence-corrected chi connectivity index (χ1v) is 8.46. The Hall–Kier alpha value is -2.86. The molecule has 0 aliphatic carbocycles. The highest BCUT2D eigenvalue weighted by Gasteiger charge is 2.25. The van der Waals surface area contributed by atoms with Gasteiger partial charge in [-0.1, -0.05) is 30.3 Å². The fourth-order valence-corrected chi connectivity index (χ4v) is 3.36. The second kappa shape index (κ2) is 6.57. The zero-order valence-electron chi connectivity index (χ0n) is 13.9. The first-order valence-electron chi connectivity index (χ1n) is 8.46. The lowest BCUT2D eigenvalue weighted by Crippen LogP contribution is -2.32. The van der Waals surface area contributed by atoms with Gasteiger partial charge in [-0.3, -0.25) is 4.79 Å². The third-order valence-corrected chi connectivity index (χ3v) is 4.53. The van der Waals surface area contributed by atoms with Gasteiger partial charge in [0.2, 0.25) is 11.9 Å². The van der Waals surface area contributed by atoms with E-state index in [-0.39, 0.29) is 19.1 Å². The van der Waals surface area contributed by atoms with Crippen molar-refractivity contribution in [3.8, 4) is 0 Å². The van der Waals surface area contributed by atoms with Crippen LogP contribution in [0, 0.1) is 0 Å². The number of nitrogens with zero attached hydrogens (tertiary/aromatic N) is 3. The van der Waals surface area contributed by atoms with Gasteiger partial charge in [0.05, 0.1) is 17.6 Å². The summed E-state index contributed by atoms with van der Waals surface area (Å²) >= 11 is 0. The van der Waals surface area contributed by atoms with E-state index in [9.17, 15) is 4.79 Å². The average molecular weight is 336 g/mol. The lowest BCUT2D eigenvalue weighted by atomic mass is 10.2. The highest BCUT2D eigenvalue weighted by Crippen LogP contribution is 2.28. The van der Waals surface area contributed by atoms with Gasteiger partial charge in [-0.2, -0.15) is 0 Å². The monoisotopic (exact) mass is 336 g/mol. The van der Waals surface area contributed by atoms with Crippen LogP contribution >= 0.6 is 0 Å². The van der Waals surface area contributed by atoms with Crippen LogP contribution in [-0.4, -0.2) is 40.3 Å². The molecule has 0 atom stereocenters. The van der Waals surface area contributed by atoms with Crippen molar-refractivity contribution in [3.05, 3.63) is 54.1 Å². The van der Waals surface area contributed by atoms with Gasteiger partial charge in [-0.05, 0) is 30.2 Å². The number of benzene rings is 2. The molecule has 0 fully saturated rings. The normalized spacial score (nSPS) is 13.2. The molecule has 6 nitrogen and oxygen atoms in total. The summed E-state index contributed by atoms with van der Waals surface area (Å²) in [5.41, 5.74) is 3.95. The summed E-state index contributed by atoms with van der Waals surface area (Å²) in [7, 11) is 0. The predicted molar refractivity (Wildman–Crippen MR) is 97.8 cm³/mol. The van der Waals surface area contributed by atoms with Gasteiger partial charge in [0.15, 0.2) is 0 Å². The van der Waals surface area contributed by atoms with Crippen molar-refractivity contribution in [1.82, 2.24) is 9.55 Å². The van der Waals surface area contributed by atoms with Crippen LogP contribution in [0.5, 0.6) is 0 Å². The molecule has 0 bridgehead atoms. The number of aromatic nitrogens is 2. The van der Waals surface area contributed by atoms with Crippen molar-refractivity contribution < 1.29 is 9.90 Å². The maximum absolute atomic E-state index is 12.9. The fraction of sp³-hybridized carbons (Fsp3) is 0.263. The SMILES string of the molecule is O=C(Cn1c(NCCO)nc2ccccc21)N1CCc2ccccc21. The van der Waals surface area contributed by atoms with Gasteiger partial charge in [-0.15, -0.1) is 0 Å². The van der Waals surface area contributed by atoms with Gasteiger partial charge >= 0.3 is 0 Å². The van der Waals surface area contributed by atoms with E-state index in [2.05, 4.69) is 16.4 Å². The Labute approximate surface area is 145 Å². The Bertz CT molecular complexity index is 919. The Morgan fingerprint density at radius 2 is 1.96 bits per heavy atom. The predicted octanol–water partition coefficient (Wildman–Crippen LogP) is 2.03. The molecule has 1 aromatic heterocycles. The Kier molecular flexibility index (Phi) is 4.11. The molecule has 0 radical (unpaired) electrons. The first kappa shape index (κ1) is 15.7. The van der Waals surface area contributed by atoms with Crippen molar-refractivity contribution in [2.45, 2.75) is 13.0 Å². The first-order chi connectivity index (χ1) is 12.3. The van der Waals surface area contributed by atoms with Crippen LogP contribution in [0.2, 0.25) is 0 Å². The molecular formula is C19H20N4O2. The molecule has 0 saturated carbocycles. The largest absolute Gasteiger partial charge is 0.395 e. The summed E-state index contributed by atoms with van der Waals surface area (Å²) in [5, 5.41) is 12.2. The van der Waals surface area contributed by atoms with Crippen molar-refractivity contribution in [2.24, 2.45) is 0 Å². The van der Waals surface area contributed by atoms with Crippen LogP contribution in [0.25, 0.3) is 11.0 Å². The lowest BCUT2D eigenvalue weighted by molar-refractivity contribution is -0.119. The van der Waals surface area contributed by atoms with E-state index in [1.165, 1.54) is 5.56 Å². The lowest BCUT2D eigenvalue weighted by Gasteiger charge is -2.19. The summed E-state index contributed by atoms with van der Waals surface area (Å²) in [4.78, 5) is 19.3. The molecule has 2 N–H and O–H groups in total. The van der Waals surface area contributed by atoms with E-state index >= 15 is 0 Å². The Morgan fingerprint density at radius 1 is 1.16 bits per heavy atom. The second-order valence-electron chi connectivity index (χ2n) is 6.08. The minimum Gasteiger partial charge on any atom is -0.395 e. The molecule has 1 aliphatic heterocycles. The van der Waals surface area contributed by atoms with Crippen molar-refractivity contribution in [2.75, 3.05) is 29.9 Å². The molecule has 4 rings (SSSR count). The van der Waals surface area contributed by atoms with Gasteiger partial charge in [0, 0.05) is 18.8 Å². The average Bonchev–Trinajstić information content (AvgIpc) is 3.22. The molecule has 0 unspecified atom stereocenters. The minimum atomic E-state index is 0.0106. The number of anilines is 2. The molecular weight excluding hydrogens is 316 g/mol. The molecule has 0 spiro atoms. The van der Waals surface area contributed by atoms with Crippen molar-refractivity contribution in [3.63, 3.8) is 0 Å². The van der Waals surface area contributed by atoms with Crippen molar-refractivity contribution >= 4 is 28.6 Å². The summed E-state index contributed by atoms with van der Waals surface area (Å²) in [5.74, 6) is 0.649. The summed E-state index contributed by atoms with van der Waals surface area (Å²) in [6.07, 6.45) is 0.891. The quantitative estimate of drug-likeness (QED) is 0.748. The molecule has 1 amide bonds. The number of imidazole rings is 1. The summed E-state index contributed by atoms with van der Waals surface area (Å²) in [6, 6.07) is 15.8. The number of carbonyl (C=O) groups is 1. The number of fused-ring (bicyclic) bond motifs is 2. The number of hydrogen-bond acceptors (Lipinski definition) is 4. The number of nitrogens with one attached hydrogen (secondary N) is 1. The Morgan fingerprint density at radius 3 is 2.84 bits per heavy atom. The third kappa shape index (κ3) is 2.85. The zero-order chi connectivity index (χ0) is 17.2. The number of aliphatic hydroxyl groups is 1. The van der Waals surface area contributed by atoms with Crippen LogP contribution in [-0.2, 0) is 17.8 Å².